The Kier molecular flexibility index (Phi) is 6.86. The molecule has 1 amide bonds. The van der Waals surface area contributed by atoms with Crippen molar-refractivity contribution >= 4 is 12.0 Å². The van der Waals surface area contributed by atoms with Crippen molar-refractivity contribution in [3.63, 3.8) is 0 Å². The fraction of sp³-hybridized carbons (Fsp3) is 0.269. The Hall–Kier alpha value is -3.89. The number of hydrogen-bond donors (Lipinski definition) is 1. The number of benzene rings is 2. The molecule has 1 saturated heterocycles. The zero-order valence-electron chi connectivity index (χ0n) is 18.7. The normalized spacial score (nSPS) is 15.8. The van der Waals surface area contributed by atoms with Crippen molar-refractivity contribution in [3.05, 3.63) is 71.4 Å². The molecule has 0 radical (unpaired) electrons. The number of nitrogens with one attached hydrogen (secondary N) is 1. The Balaban J connectivity index is 1.71. The van der Waals surface area contributed by atoms with E-state index in [0.29, 0.717) is 24.4 Å². The number of aromatic nitrogens is 2. The molecule has 1 atom stereocenters. The maximum Gasteiger partial charge on any atom is 0.262 e. The third-order valence-electron chi connectivity index (χ3n) is 5.63. The number of carbonyl (C=O) groups is 1. The van der Waals surface area contributed by atoms with E-state index in [-0.39, 0.29) is 11.7 Å². The predicted octanol–water partition coefficient (Wildman–Crippen LogP) is 4.06. The molecular weight excluding hydrogens is 416 g/mol. The third kappa shape index (κ3) is 5.13. The van der Waals surface area contributed by atoms with E-state index < -0.39 is 5.91 Å². The second-order valence-corrected chi connectivity index (χ2v) is 7.91. The molecule has 7 heteroatoms. The summed E-state index contributed by atoms with van der Waals surface area (Å²) in [5, 5.41) is 17.3. The molecule has 2 aromatic carbocycles. The summed E-state index contributed by atoms with van der Waals surface area (Å²) < 4.78 is 12.6. The highest BCUT2D eigenvalue weighted by Gasteiger charge is 2.19. The van der Waals surface area contributed by atoms with Crippen molar-refractivity contribution in [2.75, 3.05) is 20.3 Å². The number of methoxy groups -OCH3 is 1. The summed E-state index contributed by atoms with van der Waals surface area (Å²) in [7, 11) is 1.63. The molecule has 33 heavy (non-hydrogen) atoms. The van der Waals surface area contributed by atoms with Crippen molar-refractivity contribution in [1.29, 1.82) is 5.26 Å². The first-order chi connectivity index (χ1) is 16.1. The summed E-state index contributed by atoms with van der Waals surface area (Å²) in [6.45, 7) is 3.09. The number of para-hydroxylation sites is 1. The van der Waals surface area contributed by atoms with Crippen LogP contribution in [-0.4, -0.2) is 42.1 Å². The molecule has 0 unspecified atom stereocenters. The van der Waals surface area contributed by atoms with Gasteiger partial charge in [-0.3, -0.25) is 4.79 Å². The van der Waals surface area contributed by atoms with Crippen LogP contribution in [0.25, 0.3) is 23.0 Å². The molecule has 0 spiro atoms. The van der Waals surface area contributed by atoms with Gasteiger partial charge in [-0.1, -0.05) is 18.2 Å². The standard InChI is InChI=1S/C26H26N4O3/c1-18-13-22(32-2)10-11-24(18)25-20(17-30(29-25)21-7-4-3-5-8-21)14-19(15-27)26(31)28-16-23-9-6-12-33-23/h3-5,7-8,10-11,13-14,17,23H,6,9,12,16H2,1-2H3,(H,28,31)/b19-14+/t23-/m0/s1. The van der Waals surface area contributed by atoms with Crippen LogP contribution in [-0.2, 0) is 9.53 Å². The van der Waals surface area contributed by atoms with E-state index in [1.807, 2.05) is 67.7 Å². The lowest BCUT2D eigenvalue weighted by Gasteiger charge is -2.10. The van der Waals surface area contributed by atoms with Crippen LogP contribution in [0.2, 0.25) is 0 Å². The van der Waals surface area contributed by atoms with Crippen LogP contribution in [0.1, 0.15) is 24.0 Å². The topological polar surface area (TPSA) is 89.2 Å². The average molecular weight is 443 g/mol. The van der Waals surface area contributed by atoms with Gasteiger partial charge in [-0.05, 0) is 61.7 Å². The van der Waals surface area contributed by atoms with Gasteiger partial charge < -0.3 is 14.8 Å². The van der Waals surface area contributed by atoms with Gasteiger partial charge in [0.15, 0.2) is 0 Å². The van der Waals surface area contributed by atoms with Gasteiger partial charge in [0.05, 0.1) is 18.9 Å². The molecule has 1 N–H and O–H groups in total. The minimum Gasteiger partial charge on any atom is -0.497 e. The number of nitriles is 1. The minimum absolute atomic E-state index is 0.00670. The summed E-state index contributed by atoms with van der Waals surface area (Å²) >= 11 is 0. The lowest BCUT2D eigenvalue weighted by Crippen LogP contribution is -2.32. The Labute approximate surface area is 193 Å². The van der Waals surface area contributed by atoms with E-state index in [9.17, 15) is 10.1 Å². The number of aryl methyl sites for hydroxylation is 1. The molecule has 0 saturated carbocycles. The number of hydrogen-bond acceptors (Lipinski definition) is 5. The summed E-state index contributed by atoms with van der Waals surface area (Å²) in [6.07, 6.45) is 5.34. The van der Waals surface area contributed by atoms with Crippen LogP contribution in [0.15, 0.2) is 60.3 Å². The second-order valence-electron chi connectivity index (χ2n) is 7.91. The fourth-order valence-electron chi connectivity index (χ4n) is 3.86. The van der Waals surface area contributed by atoms with E-state index in [0.717, 1.165) is 35.4 Å². The van der Waals surface area contributed by atoms with Crippen LogP contribution < -0.4 is 10.1 Å². The second kappa shape index (κ2) is 10.2. The van der Waals surface area contributed by atoms with Gasteiger partial charge in [0.1, 0.15) is 23.1 Å². The quantitative estimate of drug-likeness (QED) is 0.440. The number of rotatable bonds is 7. The van der Waals surface area contributed by atoms with Gasteiger partial charge in [-0.25, -0.2) is 4.68 Å². The summed E-state index contributed by atoms with van der Waals surface area (Å²) in [4.78, 5) is 12.7. The number of amides is 1. The average Bonchev–Trinajstić information content (AvgIpc) is 3.51. The summed E-state index contributed by atoms with van der Waals surface area (Å²) in [5.41, 5.74) is 4.13. The first-order valence-electron chi connectivity index (χ1n) is 10.9. The number of carbonyl (C=O) groups excluding carboxylic acids is 1. The van der Waals surface area contributed by atoms with Gasteiger partial charge in [0.2, 0.25) is 0 Å². The Morgan fingerprint density at radius 1 is 1.33 bits per heavy atom. The molecule has 1 aliphatic heterocycles. The van der Waals surface area contributed by atoms with E-state index >= 15 is 0 Å². The highest BCUT2D eigenvalue weighted by atomic mass is 16.5. The summed E-state index contributed by atoms with van der Waals surface area (Å²) in [5.74, 6) is 0.333. The highest BCUT2D eigenvalue weighted by molar-refractivity contribution is 6.02. The molecule has 0 aliphatic carbocycles. The van der Waals surface area contributed by atoms with E-state index in [2.05, 4.69) is 5.32 Å². The van der Waals surface area contributed by atoms with Crippen molar-refractivity contribution in [2.45, 2.75) is 25.9 Å². The van der Waals surface area contributed by atoms with Crippen LogP contribution >= 0.6 is 0 Å². The summed E-state index contributed by atoms with van der Waals surface area (Å²) in [6, 6.07) is 17.5. The molecule has 1 aliphatic rings. The van der Waals surface area contributed by atoms with Crippen LogP contribution in [0.5, 0.6) is 5.75 Å². The maximum absolute atomic E-state index is 12.7. The molecule has 0 bridgehead atoms. The van der Waals surface area contributed by atoms with Crippen molar-refractivity contribution in [3.8, 4) is 28.8 Å². The van der Waals surface area contributed by atoms with Crippen LogP contribution in [0.3, 0.4) is 0 Å². The zero-order valence-corrected chi connectivity index (χ0v) is 18.7. The van der Waals surface area contributed by atoms with E-state index in [1.165, 1.54) is 0 Å². The molecule has 4 rings (SSSR count). The smallest absolute Gasteiger partial charge is 0.262 e. The Bertz CT molecular complexity index is 1200. The van der Waals surface area contributed by atoms with Crippen molar-refractivity contribution in [2.24, 2.45) is 0 Å². The SMILES string of the molecule is COc1ccc(-c2nn(-c3ccccc3)cc2/C=C(\C#N)C(=O)NC[C@@H]2CCCO2)c(C)c1. The fourth-order valence-corrected chi connectivity index (χ4v) is 3.86. The molecule has 7 nitrogen and oxygen atoms in total. The predicted molar refractivity (Wildman–Crippen MR) is 126 cm³/mol. The van der Waals surface area contributed by atoms with Gasteiger partial charge in [-0.15, -0.1) is 0 Å². The van der Waals surface area contributed by atoms with Gasteiger partial charge >= 0.3 is 0 Å². The number of nitrogens with zero attached hydrogens (tertiary/aromatic N) is 3. The molecule has 1 fully saturated rings. The van der Waals surface area contributed by atoms with E-state index in [4.69, 9.17) is 14.6 Å². The van der Waals surface area contributed by atoms with E-state index in [1.54, 1.807) is 17.9 Å². The van der Waals surface area contributed by atoms with Crippen molar-refractivity contribution in [1.82, 2.24) is 15.1 Å². The Morgan fingerprint density at radius 2 is 2.15 bits per heavy atom. The van der Waals surface area contributed by atoms with Crippen LogP contribution in [0, 0.1) is 18.3 Å². The maximum atomic E-state index is 12.7. The highest BCUT2D eigenvalue weighted by Crippen LogP contribution is 2.30. The lowest BCUT2D eigenvalue weighted by atomic mass is 10.0. The Morgan fingerprint density at radius 3 is 2.82 bits per heavy atom. The first-order valence-corrected chi connectivity index (χ1v) is 10.9. The first kappa shape index (κ1) is 22.3. The molecule has 3 aromatic rings. The lowest BCUT2D eigenvalue weighted by molar-refractivity contribution is -0.117. The van der Waals surface area contributed by atoms with Crippen molar-refractivity contribution < 1.29 is 14.3 Å². The molecule has 168 valence electrons. The zero-order chi connectivity index (χ0) is 23.2. The minimum atomic E-state index is -0.419. The number of ether oxygens (including phenoxy) is 2. The molecule has 1 aromatic heterocycles. The third-order valence-corrected chi connectivity index (χ3v) is 5.63. The van der Waals surface area contributed by atoms with Gasteiger partial charge in [0.25, 0.3) is 5.91 Å². The monoisotopic (exact) mass is 442 g/mol. The molecular formula is C26H26N4O3. The van der Waals surface area contributed by atoms with Crippen LogP contribution in [0.4, 0.5) is 0 Å². The van der Waals surface area contributed by atoms with Gasteiger partial charge in [0, 0.05) is 30.5 Å². The largest absolute Gasteiger partial charge is 0.497 e. The van der Waals surface area contributed by atoms with Gasteiger partial charge in [-0.2, -0.15) is 10.4 Å². The molecule has 2 heterocycles.